The van der Waals surface area contributed by atoms with Crippen LogP contribution in [0.15, 0.2) is 30.3 Å². The van der Waals surface area contributed by atoms with Crippen LogP contribution >= 0.6 is 61.1 Å². The first-order chi connectivity index (χ1) is 7.50. The maximum absolute atomic E-state index is 11.6. The van der Waals surface area contributed by atoms with Crippen molar-refractivity contribution in [2.75, 3.05) is 0 Å². The van der Waals surface area contributed by atoms with Crippen molar-refractivity contribution < 1.29 is 4.79 Å². The molecule has 1 aromatic rings. The van der Waals surface area contributed by atoms with E-state index in [0.717, 1.165) is 8.05 Å². The molecular formula is C11H10BrI2NO. The molecule has 1 aromatic carbocycles. The van der Waals surface area contributed by atoms with E-state index in [4.69, 9.17) is 0 Å². The summed E-state index contributed by atoms with van der Waals surface area (Å²) in [7, 11) is 0. The number of halogens is 3. The molecule has 0 fully saturated rings. The lowest BCUT2D eigenvalue weighted by Gasteiger charge is -2.05. The minimum Gasteiger partial charge on any atom is -0.348 e. The monoisotopic (exact) mass is 505 g/mol. The fourth-order valence-corrected chi connectivity index (χ4v) is 1.78. The molecule has 1 rings (SSSR count). The summed E-state index contributed by atoms with van der Waals surface area (Å²) in [5.41, 5.74) is 2.31. The van der Waals surface area contributed by atoms with Gasteiger partial charge in [0.05, 0.1) is 6.07 Å². The fraction of sp³-hybridized carbons (Fsp3) is 0.182. The van der Waals surface area contributed by atoms with Crippen LogP contribution in [0.2, 0.25) is 0 Å². The summed E-state index contributed by atoms with van der Waals surface area (Å²) in [6.45, 7) is 2.60. The summed E-state index contributed by atoms with van der Waals surface area (Å²) in [6.07, 6.45) is 0. The highest BCUT2D eigenvalue weighted by molar-refractivity contribution is 14.1. The van der Waals surface area contributed by atoms with Crippen LogP contribution in [0.25, 0.3) is 0 Å². The summed E-state index contributed by atoms with van der Waals surface area (Å²) >= 11 is 7.37. The average molecular weight is 506 g/mol. The topological polar surface area (TPSA) is 29.1 Å². The van der Waals surface area contributed by atoms with E-state index in [0.29, 0.717) is 10.1 Å². The number of carbonyl (C=O) groups excluding carboxylic acids is 1. The third kappa shape index (κ3) is 4.70. The van der Waals surface area contributed by atoms with Gasteiger partial charge in [-0.3, -0.25) is 4.79 Å². The molecule has 0 aliphatic carbocycles. The number of hydrogen-bond donors (Lipinski definition) is 1. The van der Waals surface area contributed by atoms with E-state index in [-0.39, 0.29) is 5.91 Å². The molecular weight excluding hydrogens is 496 g/mol. The molecule has 1 amide bonds. The van der Waals surface area contributed by atoms with Crippen LogP contribution in [0.3, 0.4) is 0 Å². The molecule has 86 valence electrons. The van der Waals surface area contributed by atoms with Gasteiger partial charge in [0, 0.05) is 6.54 Å². The number of benzene rings is 1. The molecule has 0 spiro atoms. The number of rotatable bonds is 3. The Morgan fingerprint density at radius 3 is 2.69 bits per heavy atom. The minimum absolute atomic E-state index is 0.0524. The van der Waals surface area contributed by atoms with Crippen LogP contribution in [0, 0.1) is 6.92 Å². The van der Waals surface area contributed by atoms with Gasteiger partial charge in [0.2, 0.25) is 0 Å². The van der Waals surface area contributed by atoms with Gasteiger partial charge in [-0.05, 0) is 73.6 Å². The largest absolute Gasteiger partial charge is 0.348 e. The van der Waals surface area contributed by atoms with Crippen molar-refractivity contribution in [2.45, 2.75) is 13.5 Å². The van der Waals surface area contributed by atoms with Gasteiger partial charge in [0.15, 0.2) is 0 Å². The van der Waals surface area contributed by atoms with E-state index in [2.05, 4.69) is 49.9 Å². The van der Waals surface area contributed by atoms with Gasteiger partial charge in [-0.25, -0.2) is 0 Å². The molecule has 16 heavy (non-hydrogen) atoms. The van der Waals surface area contributed by atoms with E-state index in [1.807, 2.05) is 47.7 Å². The van der Waals surface area contributed by atoms with Gasteiger partial charge < -0.3 is 5.32 Å². The molecule has 0 unspecified atom stereocenters. The normalized spacial score (nSPS) is 12.0. The summed E-state index contributed by atoms with van der Waals surface area (Å²) in [4.78, 5) is 11.6. The number of aryl methyl sites for hydroxylation is 1. The number of carbonyl (C=O) groups is 1. The minimum atomic E-state index is -0.0524. The molecule has 0 aliphatic heterocycles. The standard InChI is InChI=1S/C11H10BrI2NO/c1-7-3-2-4-8(5-7)6-15-11(16)9(13)10(12)14/h2-5H,6H2,1H3,(H,15,16). The Hall–Kier alpha value is 0.370. The molecule has 0 heterocycles. The van der Waals surface area contributed by atoms with E-state index in [9.17, 15) is 4.79 Å². The second-order valence-corrected chi connectivity index (χ2v) is 7.68. The van der Waals surface area contributed by atoms with Gasteiger partial charge in [-0.1, -0.05) is 29.8 Å². The molecule has 2 nitrogen and oxygen atoms in total. The van der Waals surface area contributed by atoms with E-state index < -0.39 is 0 Å². The highest BCUT2D eigenvalue weighted by Crippen LogP contribution is 2.24. The first kappa shape index (κ1) is 14.4. The molecule has 0 bridgehead atoms. The Balaban J connectivity index is 2.59. The first-order valence-electron chi connectivity index (χ1n) is 4.55. The third-order valence-corrected chi connectivity index (χ3v) is 5.64. The Labute approximate surface area is 131 Å². The Kier molecular flexibility index (Phi) is 6.27. The first-order valence-corrected chi connectivity index (χ1v) is 7.50. The Morgan fingerprint density at radius 2 is 2.12 bits per heavy atom. The Bertz CT molecular complexity index is 428. The highest BCUT2D eigenvalue weighted by Gasteiger charge is 2.08. The van der Waals surface area contributed by atoms with E-state index >= 15 is 0 Å². The molecule has 0 saturated carbocycles. The van der Waals surface area contributed by atoms with E-state index in [1.165, 1.54) is 5.56 Å². The van der Waals surface area contributed by atoms with Crippen molar-refractivity contribution in [3.63, 3.8) is 0 Å². The highest BCUT2D eigenvalue weighted by atomic mass is 127. The lowest BCUT2D eigenvalue weighted by Crippen LogP contribution is -2.22. The predicted molar refractivity (Wildman–Crippen MR) is 87.0 cm³/mol. The average Bonchev–Trinajstić information content (AvgIpc) is 2.24. The molecule has 0 aromatic heterocycles. The third-order valence-electron chi connectivity index (χ3n) is 1.90. The fourth-order valence-electron chi connectivity index (χ4n) is 1.17. The van der Waals surface area contributed by atoms with Gasteiger partial charge in [0.25, 0.3) is 5.91 Å². The van der Waals surface area contributed by atoms with Gasteiger partial charge in [-0.2, -0.15) is 0 Å². The summed E-state index contributed by atoms with van der Waals surface area (Å²) < 4.78 is 1.50. The van der Waals surface area contributed by atoms with Crippen molar-refractivity contribution in [2.24, 2.45) is 0 Å². The molecule has 1 N–H and O–H groups in total. The molecule has 0 aliphatic rings. The number of amides is 1. The lowest BCUT2D eigenvalue weighted by atomic mass is 10.1. The van der Waals surface area contributed by atoms with Crippen molar-refractivity contribution in [3.05, 3.63) is 41.5 Å². The molecule has 0 saturated heterocycles. The van der Waals surface area contributed by atoms with Crippen molar-refractivity contribution in [1.29, 1.82) is 0 Å². The van der Waals surface area contributed by atoms with Gasteiger partial charge in [-0.15, -0.1) is 0 Å². The maximum atomic E-state index is 11.6. The zero-order valence-electron chi connectivity index (χ0n) is 8.56. The second-order valence-electron chi connectivity index (χ2n) is 3.25. The molecule has 0 atom stereocenters. The lowest BCUT2D eigenvalue weighted by molar-refractivity contribution is -0.116. The summed E-state index contributed by atoms with van der Waals surface area (Å²) in [5.74, 6) is -0.0524. The van der Waals surface area contributed by atoms with Crippen LogP contribution in [0.4, 0.5) is 0 Å². The van der Waals surface area contributed by atoms with Crippen LogP contribution in [0.5, 0.6) is 0 Å². The van der Waals surface area contributed by atoms with Crippen LogP contribution in [-0.2, 0) is 11.3 Å². The van der Waals surface area contributed by atoms with Gasteiger partial charge in [0.1, 0.15) is 0 Å². The number of nitrogens with one attached hydrogen (secondary N) is 1. The smallest absolute Gasteiger partial charge is 0.259 e. The zero-order chi connectivity index (χ0) is 12.1. The second kappa shape index (κ2) is 6.95. The summed E-state index contributed by atoms with van der Waals surface area (Å²) in [5, 5.41) is 2.87. The van der Waals surface area contributed by atoms with Gasteiger partial charge >= 0.3 is 0 Å². The number of hydrogen-bond acceptors (Lipinski definition) is 1. The van der Waals surface area contributed by atoms with Crippen molar-refractivity contribution >= 4 is 67.0 Å². The van der Waals surface area contributed by atoms with Crippen LogP contribution in [0.1, 0.15) is 11.1 Å². The zero-order valence-corrected chi connectivity index (χ0v) is 14.5. The predicted octanol–water partition coefficient (Wildman–Crippen LogP) is 4.05. The SMILES string of the molecule is Cc1cccc(CNC(=O)C(I)=C(Br)I)c1. The molecule has 0 radical (unpaired) electrons. The maximum Gasteiger partial charge on any atom is 0.259 e. The van der Waals surface area contributed by atoms with Crippen LogP contribution < -0.4 is 5.32 Å². The van der Waals surface area contributed by atoms with Crippen molar-refractivity contribution in [3.8, 4) is 0 Å². The Morgan fingerprint density at radius 1 is 1.44 bits per heavy atom. The summed E-state index contributed by atoms with van der Waals surface area (Å²) in [6, 6.07) is 8.10. The molecule has 5 heteroatoms. The van der Waals surface area contributed by atoms with Crippen molar-refractivity contribution in [1.82, 2.24) is 5.32 Å². The quantitative estimate of drug-likeness (QED) is 0.487. The van der Waals surface area contributed by atoms with E-state index in [1.54, 1.807) is 0 Å². The van der Waals surface area contributed by atoms with Crippen LogP contribution in [-0.4, -0.2) is 5.91 Å².